The fraction of sp³-hybridized carbons (Fsp3) is 0.412. The Morgan fingerprint density at radius 1 is 1.48 bits per heavy atom. The molecule has 1 aromatic heterocycles. The monoisotopic (exact) mass is 376 g/mol. The highest BCUT2D eigenvalue weighted by Crippen LogP contribution is 2.24. The number of methoxy groups -OCH3 is 1. The number of rotatable bonds is 6. The molecule has 27 heavy (non-hydrogen) atoms. The van der Waals surface area contributed by atoms with Crippen molar-refractivity contribution >= 4 is 11.9 Å². The van der Waals surface area contributed by atoms with Gasteiger partial charge in [-0.05, 0) is 17.7 Å². The van der Waals surface area contributed by atoms with Gasteiger partial charge in [0, 0.05) is 26.7 Å². The van der Waals surface area contributed by atoms with Crippen LogP contribution < -0.4 is 10.6 Å². The average molecular weight is 376 g/mol. The third-order valence-electron chi connectivity index (χ3n) is 4.27. The normalized spacial score (nSPS) is 16.9. The Morgan fingerprint density at radius 2 is 2.33 bits per heavy atom. The fourth-order valence-corrected chi connectivity index (χ4v) is 2.94. The summed E-state index contributed by atoms with van der Waals surface area (Å²) in [6.45, 7) is 1.85. The van der Waals surface area contributed by atoms with Crippen LogP contribution in [0.3, 0.4) is 0 Å². The molecular formula is C17H21FN6O3. The molecule has 0 radical (unpaired) electrons. The van der Waals surface area contributed by atoms with Crippen molar-refractivity contribution in [3.05, 3.63) is 47.8 Å². The van der Waals surface area contributed by atoms with E-state index in [1.165, 1.54) is 23.1 Å². The number of piperazine rings is 1. The minimum atomic E-state index is -0.888. The van der Waals surface area contributed by atoms with E-state index >= 15 is 0 Å². The Labute approximate surface area is 155 Å². The maximum atomic E-state index is 13.6. The summed E-state index contributed by atoms with van der Waals surface area (Å²) in [5.41, 5.74) is 0.422. The number of aromatic nitrogens is 3. The number of urea groups is 1. The topological polar surface area (TPSA) is 101 Å². The van der Waals surface area contributed by atoms with Gasteiger partial charge in [0.1, 0.15) is 18.2 Å². The van der Waals surface area contributed by atoms with Crippen LogP contribution in [0.5, 0.6) is 0 Å². The van der Waals surface area contributed by atoms with E-state index < -0.39 is 17.9 Å². The minimum absolute atomic E-state index is 0.149. The van der Waals surface area contributed by atoms with Gasteiger partial charge in [-0.3, -0.25) is 4.79 Å². The molecule has 0 bridgehead atoms. The van der Waals surface area contributed by atoms with E-state index in [9.17, 15) is 14.0 Å². The predicted molar refractivity (Wildman–Crippen MR) is 93.0 cm³/mol. The first-order valence-corrected chi connectivity index (χ1v) is 8.53. The molecule has 144 valence electrons. The van der Waals surface area contributed by atoms with E-state index in [0.717, 1.165) is 0 Å². The van der Waals surface area contributed by atoms with Crippen LogP contribution in [0, 0.1) is 5.82 Å². The van der Waals surface area contributed by atoms with E-state index in [1.54, 1.807) is 24.1 Å². The van der Waals surface area contributed by atoms with Gasteiger partial charge in [-0.25, -0.2) is 9.18 Å². The van der Waals surface area contributed by atoms with Crippen LogP contribution in [0.4, 0.5) is 9.18 Å². The third-order valence-corrected chi connectivity index (χ3v) is 4.27. The van der Waals surface area contributed by atoms with E-state index in [1.807, 2.05) is 0 Å². The second kappa shape index (κ2) is 8.58. The quantitative estimate of drug-likeness (QED) is 0.762. The van der Waals surface area contributed by atoms with Crippen molar-refractivity contribution in [3.8, 4) is 0 Å². The van der Waals surface area contributed by atoms with Crippen molar-refractivity contribution < 1.29 is 18.7 Å². The fourth-order valence-electron chi connectivity index (χ4n) is 2.94. The SMILES string of the molecule is COCCn1cnnc1CNC(=O)N1CCNC(=O)[C@H]1c1cccc(F)c1. The zero-order valence-electron chi connectivity index (χ0n) is 14.9. The minimum Gasteiger partial charge on any atom is -0.383 e. The molecule has 2 N–H and O–H groups in total. The Hall–Kier alpha value is -3.01. The number of amides is 3. The highest BCUT2D eigenvalue weighted by molar-refractivity contribution is 5.89. The lowest BCUT2D eigenvalue weighted by atomic mass is 10.0. The molecule has 0 spiro atoms. The number of benzene rings is 1. The van der Waals surface area contributed by atoms with Crippen LogP contribution in [-0.2, 0) is 22.6 Å². The first-order valence-electron chi connectivity index (χ1n) is 8.53. The largest absolute Gasteiger partial charge is 0.383 e. The maximum absolute atomic E-state index is 13.6. The summed E-state index contributed by atoms with van der Waals surface area (Å²) in [5.74, 6) is -0.230. The van der Waals surface area contributed by atoms with E-state index in [2.05, 4.69) is 20.8 Å². The summed E-state index contributed by atoms with van der Waals surface area (Å²) in [6, 6.07) is 4.38. The lowest BCUT2D eigenvalue weighted by Crippen LogP contribution is -2.54. The Bertz CT molecular complexity index is 811. The molecule has 0 saturated carbocycles. The lowest BCUT2D eigenvalue weighted by Gasteiger charge is -2.35. The number of carbonyl (C=O) groups excluding carboxylic acids is 2. The molecule has 2 aromatic rings. The van der Waals surface area contributed by atoms with Crippen molar-refractivity contribution in [1.82, 2.24) is 30.3 Å². The van der Waals surface area contributed by atoms with Gasteiger partial charge in [-0.15, -0.1) is 10.2 Å². The highest BCUT2D eigenvalue weighted by Gasteiger charge is 2.34. The molecule has 1 saturated heterocycles. The van der Waals surface area contributed by atoms with E-state index in [4.69, 9.17) is 4.74 Å². The van der Waals surface area contributed by atoms with Crippen molar-refractivity contribution in [1.29, 1.82) is 0 Å². The maximum Gasteiger partial charge on any atom is 0.318 e. The third kappa shape index (κ3) is 4.40. The van der Waals surface area contributed by atoms with Crippen LogP contribution in [0.15, 0.2) is 30.6 Å². The first kappa shape index (κ1) is 18.8. The Morgan fingerprint density at radius 3 is 3.11 bits per heavy atom. The summed E-state index contributed by atoms with van der Waals surface area (Å²) in [5, 5.41) is 13.3. The van der Waals surface area contributed by atoms with Gasteiger partial charge in [0.25, 0.3) is 0 Å². The number of nitrogens with one attached hydrogen (secondary N) is 2. The van der Waals surface area contributed by atoms with Gasteiger partial charge in [-0.2, -0.15) is 0 Å². The number of hydrogen-bond acceptors (Lipinski definition) is 5. The molecule has 0 aliphatic carbocycles. The second-order valence-electron chi connectivity index (χ2n) is 6.03. The van der Waals surface area contributed by atoms with Crippen LogP contribution in [0.2, 0.25) is 0 Å². The Balaban J connectivity index is 1.70. The number of carbonyl (C=O) groups is 2. The summed E-state index contributed by atoms with van der Waals surface area (Å²) in [4.78, 5) is 26.4. The molecule has 0 unspecified atom stereocenters. The van der Waals surface area contributed by atoms with Crippen molar-refractivity contribution in [2.24, 2.45) is 0 Å². The number of nitrogens with zero attached hydrogens (tertiary/aromatic N) is 4. The molecular weight excluding hydrogens is 355 g/mol. The molecule has 3 amide bonds. The van der Waals surface area contributed by atoms with Crippen LogP contribution in [0.1, 0.15) is 17.4 Å². The smallest absolute Gasteiger partial charge is 0.318 e. The molecule has 10 heteroatoms. The van der Waals surface area contributed by atoms with Gasteiger partial charge in [0.15, 0.2) is 5.82 Å². The number of hydrogen-bond donors (Lipinski definition) is 2. The molecule has 1 aromatic carbocycles. The molecule has 1 aliphatic heterocycles. The first-order chi connectivity index (χ1) is 13.1. The highest BCUT2D eigenvalue weighted by atomic mass is 19.1. The number of ether oxygens (including phenoxy) is 1. The van der Waals surface area contributed by atoms with Crippen molar-refractivity contribution in [3.63, 3.8) is 0 Å². The zero-order chi connectivity index (χ0) is 19.2. The standard InChI is InChI=1S/C17H21FN6O3/c1-27-8-7-23-11-21-22-14(23)10-20-17(26)24-6-5-19-16(25)15(24)12-3-2-4-13(18)9-12/h2-4,9,11,15H,5-8,10H2,1H3,(H,19,25)(H,20,26)/t15-/m1/s1. The molecule has 1 aliphatic rings. The molecule has 3 rings (SSSR count). The van der Waals surface area contributed by atoms with Crippen LogP contribution in [0.25, 0.3) is 0 Å². The van der Waals surface area contributed by atoms with E-state index in [-0.39, 0.29) is 12.5 Å². The molecule has 9 nitrogen and oxygen atoms in total. The zero-order valence-corrected chi connectivity index (χ0v) is 14.9. The second-order valence-corrected chi connectivity index (χ2v) is 6.03. The molecule has 1 fully saturated rings. The van der Waals surface area contributed by atoms with Gasteiger partial charge in [0.05, 0.1) is 13.2 Å². The number of halogens is 1. The average Bonchev–Trinajstić information content (AvgIpc) is 3.11. The van der Waals surface area contributed by atoms with Crippen molar-refractivity contribution in [2.75, 3.05) is 26.8 Å². The lowest BCUT2D eigenvalue weighted by molar-refractivity contribution is -0.127. The summed E-state index contributed by atoms with van der Waals surface area (Å²) >= 11 is 0. The molecule has 2 heterocycles. The van der Waals surface area contributed by atoms with Crippen LogP contribution in [-0.4, -0.2) is 58.4 Å². The summed E-state index contributed by atoms with van der Waals surface area (Å²) in [7, 11) is 1.60. The van der Waals surface area contributed by atoms with Crippen molar-refractivity contribution in [2.45, 2.75) is 19.1 Å². The van der Waals surface area contributed by atoms with Crippen LogP contribution >= 0.6 is 0 Å². The van der Waals surface area contributed by atoms with Gasteiger partial charge < -0.3 is 24.8 Å². The Kier molecular flexibility index (Phi) is 5.97. The molecule has 1 atom stereocenters. The van der Waals surface area contributed by atoms with Gasteiger partial charge >= 0.3 is 6.03 Å². The van der Waals surface area contributed by atoms with E-state index in [0.29, 0.717) is 37.6 Å². The summed E-state index contributed by atoms with van der Waals surface area (Å²) in [6.07, 6.45) is 1.56. The van der Waals surface area contributed by atoms with Gasteiger partial charge in [0.2, 0.25) is 5.91 Å². The summed E-state index contributed by atoms with van der Waals surface area (Å²) < 4.78 is 20.4. The van der Waals surface area contributed by atoms with Gasteiger partial charge in [-0.1, -0.05) is 12.1 Å². The predicted octanol–water partition coefficient (Wildman–Crippen LogP) is 0.446.